The summed E-state index contributed by atoms with van der Waals surface area (Å²) in [5.74, 6) is -2.14. The molecule has 1 atom stereocenters. The molecule has 0 unspecified atom stereocenters. The van der Waals surface area contributed by atoms with Crippen LogP contribution in [0.4, 0.5) is 30.8 Å². The Kier molecular flexibility index (Phi) is 8.43. The predicted molar refractivity (Wildman–Crippen MR) is 146 cm³/mol. The first kappa shape index (κ1) is 28.1. The summed E-state index contributed by atoms with van der Waals surface area (Å²) >= 11 is 0. The van der Waals surface area contributed by atoms with Crippen LogP contribution in [-0.2, 0) is 9.53 Å². The zero-order chi connectivity index (χ0) is 26.9. The lowest BCUT2D eigenvalue weighted by Gasteiger charge is -2.34. The van der Waals surface area contributed by atoms with Crippen LogP contribution in [0.25, 0.3) is 11.2 Å². The molecule has 0 bridgehead atoms. The number of hydrogen-bond acceptors (Lipinski definition) is 7. The predicted octanol–water partition coefficient (Wildman–Crippen LogP) is 5.57. The molecule has 2 aliphatic heterocycles. The molecule has 216 valence electrons. The molecule has 2 N–H and O–H groups in total. The second-order valence-corrected chi connectivity index (χ2v) is 10.7. The van der Waals surface area contributed by atoms with Crippen molar-refractivity contribution < 1.29 is 22.7 Å². The van der Waals surface area contributed by atoms with E-state index in [1.54, 1.807) is 10.8 Å². The molecule has 2 aromatic heterocycles. The highest BCUT2D eigenvalue weighted by atomic mass is 19.1. The summed E-state index contributed by atoms with van der Waals surface area (Å²) in [4.78, 5) is 28.6. The number of benzene rings is 1. The largest absolute Gasteiger partial charge is 0.379 e. The van der Waals surface area contributed by atoms with Crippen LogP contribution in [0.5, 0.6) is 0 Å². The minimum atomic E-state index is -1.06. The summed E-state index contributed by atoms with van der Waals surface area (Å²) in [6, 6.07) is 1.23. The van der Waals surface area contributed by atoms with Gasteiger partial charge in [-0.15, -0.1) is 0 Å². The van der Waals surface area contributed by atoms with E-state index in [2.05, 4.69) is 20.6 Å². The third kappa shape index (κ3) is 5.72. The molecule has 1 saturated carbocycles. The molecule has 1 aromatic carbocycles. The molecule has 40 heavy (non-hydrogen) atoms. The third-order valence-electron chi connectivity index (χ3n) is 8.02. The van der Waals surface area contributed by atoms with Crippen molar-refractivity contribution in [1.82, 2.24) is 24.4 Å². The van der Waals surface area contributed by atoms with Gasteiger partial charge in [-0.1, -0.05) is 7.43 Å². The fourth-order valence-corrected chi connectivity index (χ4v) is 5.93. The van der Waals surface area contributed by atoms with Crippen molar-refractivity contribution in [2.45, 2.75) is 70.9 Å². The molecule has 3 fully saturated rings. The second kappa shape index (κ2) is 12.0. The van der Waals surface area contributed by atoms with E-state index < -0.39 is 23.1 Å². The van der Waals surface area contributed by atoms with Crippen LogP contribution in [0.3, 0.4) is 0 Å². The highest BCUT2D eigenvalue weighted by Gasteiger charge is 2.31. The number of halogens is 3. The van der Waals surface area contributed by atoms with E-state index in [9.17, 15) is 18.0 Å². The normalized spacial score (nSPS) is 23.2. The Labute approximate surface area is 231 Å². The van der Waals surface area contributed by atoms with Gasteiger partial charge in [-0.25, -0.2) is 23.1 Å². The van der Waals surface area contributed by atoms with Crippen LogP contribution < -0.4 is 10.6 Å². The van der Waals surface area contributed by atoms with Gasteiger partial charge >= 0.3 is 0 Å². The molecule has 3 aliphatic rings. The minimum Gasteiger partial charge on any atom is -0.379 e. The van der Waals surface area contributed by atoms with Crippen molar-refractivity contribution in [2.75, 3.05) is 36.9 Å². The van der Waals surface area contributed by atoms with E-state index in [1.807, 2.05) is 4.90 Å². The monoisotopic (exact) mass is 559 g/mol. The number of nitrogens with zero attached hydrogens (tertiary/aromatic N) is 5. The maximum absolute atomic E-state index is 14.4. The van der Waals surface area contributed by atoms with Gasteiger partial charge < -0.3 is 20.3 Å². The lowest BCUT2D eigenvalue weighted by Crippen LogP contribution is -2.41. The molecule has 2 saturated heterocycles. The number of rotatable bonds is 6. The third-order valence-corrected chi connectivity index (χ3v) is 8.02. The molecule has 4 heterocycles. The summed E-state index contributed by atoms with van der Waals surface area (Å²) < 4.78 is 49.6. The summed E-state index contributed by atoms with van der Waals surface area (Å²) in [5, 5.41) is 6.11. The lowest BCUT2D eigenvalue weighted by atomic mass is 9.85. The first-order chi connectivity index (χ1) is 19.0. The van der Waals surface area contributed by atoms with Gasteiger partial charge in [0.25, 0.3) is 0 Å². The minimum absolute atomic E-state index is 0. The Hall–Kier alpha value is -3.41. The van der Waals surface area contributed by atoms with Crippen molar-refractivity contribution >= 4 is 34.7 Å². The second-order valence-electron chi connectivity index (χ2n) is 10.7. The van der Waals surface area contributed by atoms with Gasteiger partial charge in [0.05, 0.1) is 18.8 Å². The standard InChI is InChI=1S/C27H32F3N7O2.CH4/c28-17-12-20(29)23(21(30)13-17)34-27-33-22-14-31-26(35-24(22)37(27)19-8-11-39-15-19)32-18-6-4-16(5-7-18)25(38)36-9-2-1-3-10-36;/h12-14,16,18-19H,1-11,15H2,(H,33,34)(H,31,32,35);1H4/t16?,18?,19-;/m1./s1. The van der Waals surface area contributed by atoms with Crippen LogP contribution in [0.15, 0.2) is 18.3 Å². The SMILES string of the molecule is C.O=C(C1CCC(Nc2ncc3nc(Nc4c(F)cc(F)cc4F)n([C@@H]4CCOC4)c3n2)CC1)N1CCCCC1. The Bertz CT molecular complexity index is 1320. The Morgan fingerprint density at radius 3 is 2.38 bits per heavy atom. The Morgan fingerprint density at radius 1 is 0.975 bits per heavy atom. The Morgan fingerprint density at radius 2 is 1.70 bits per heavy atom. The fraction of sp³-hybridized carbons (Fsp3) is 0.571. The molecule has 1 aliphatic carbocycles. The molecule has 9 nitrogen and oxygen atoms in total. The number of aromatic nitrogens is 4. The number of anilines is 3. The van der Waals surface area contributed by atoms with Crippen LogP contribution in [0, 0.1) is 23.4 Å². The fourth-order valence-electron chi connectivity index (χ4n) is 5.93. The molecule has 0 radical (unpaired) electrons. The van der Waals surface area contributed by atoms with Crippen molar-refractivity contribution in [3.8, 4) is 0 Å². The van der Waals surface area contributed by atoms with E-state index in [0.717, 1.165) is 51.6 Å². The van der Waals surface area contributed by atoms with E-state index in [1.165, 1.54) is 6.42 Å². The van der Waals surface area contributed by atoms with Crippen molar-refractivity contribution in [3.05, 3.63) is 35.8 Å². The molecule has 1 amide bonds. The van der Waals surface area contributed by atoms with E-state index in [0.29, 0.717) is 54.8 Å². The van der Waals surface area contributed by atoms with Gasteiger partial charge in [0.1, 0.15) is 17.0 Å². The van der Waals surface area contributed by atoms with Gasteiger partial charge in [-0.3, -0.25) is 9.36 Å². The van der Waals surface area contributed by atoms with Crippen LogP contribution in [0.1, 0.15) is 64.8 Å². The van der Waals surface area contributed by atoms with E-state index in [4.69, 9.17) is 9.72 Å². The molecule has 3 aromatic rings. The molecular weight excluding hydrogens is 523 g/mol. The zero-order valence-electron chi connectivity index (χ0n) is 21.6. The average molecular weight is 560 g/mol. The lowest BCUT2D eigenvalue weighted by molar-refractivity contribution is -0.137. The Balaban J connectivity index is 0.00000323. The molecule has 12 heteroatoms. The smallest absolute Gasteiger partial charge is 0.225 e. The number of piperidine rings is 1. The molecule has 6 rings (SSSR count). The van der Waals surface area contributed by atoms with Crippen molar-refractivity contribution in [1.29, 1.82) is 0 Å². The molecule has 0 spiro atoms. The number of nitrogens with one attached hydrogen (secondary N) is 2. The topological polar surface area (TPSA) is 97.2 Å². The molecular formula is C28H36F3N7O2. The summed E-state index contributed by atoms with van der Waals surface area (Å²) in [6.07, 6.45) is 8.99. The number of amides is 1. The number of carbonyl (C=O) groups is 1. The average Bonchev–Trinajstić information content (AvgIpc) is 3.58. The number of ether oxygens (including phenoxy) is 1. The van der Waals surface area contributed by atoms with Gasteiger partial charge in [-0.05, 0) is 51.4 Å². The summed E-state index contributed by atoms with van der Waals surface area (Å²) in [5.41, 5.74) is 0.463. The van der Waals surface area contributed by atoms with Gasteiger partial charge in [0, 0.05) is 43.8 Å². The maximum Gasteiger partial charge on any atom is 0.225 e. The van der Waals surface area contributed by atoms with Crippen LogP contribution in [-0.4, -0.2) is 62.7 Å². The highest BCUT2D eigenvalue weighted by Crippen LogP contribution is 2.33. The van der Waals surface area contributed by atoms with Crippen LogP contribution in [0.2, 0.25) is 0 Å². The number of likely N-dealkylation sites (tertiary alicyclic amines) is 1. The number of imidazole rings is 1. The quantitative estimate of drug-likeness (QED) is 0.408. The zero-order valence-corrected chi connectivity index (χ0v) is 21.6. The highest BCUT2D eigenvalue weighted by molar-refractivity contribution is 5.79. The summed E-state index contributed by atoms with van der Waals surface area (Å²) in [7, 11) is 0. The van der Waals surface area contributed by atoms with Crippen LogP contribution >= 0.6 is 0 Å². The number of fused-ring (bicyclic) bond motifs is 1. The first-order valence-electron chi connectivity index (χ1n) is 13.8. The summed E-state index contributed by atoms with van der Waals surface area (Å²) in [6.45, 7) is 2.69. The first-order valence-corrected chi connectivity index (χ1v) is 13.8. The van der Waals surface area contributed by atoms with Gasteiger partial charge in [0.15, 0.2) is 17.3 Å². The number of carbonyl (C=O) groups excluding carboxylic acids is 1. The van der Waals surface area contributed by atoms with Crippen molar-refractivity contribution in [3.63, 3.8) is 0 Å². The maximum atomic E-state index is 14.4. The van der Waals surface area contributed by atoms with Gasteiger partial charge in [-0.2, -0.15) is 4.98 Å². The van der Waals surface area contributed by atoms with E-state index >= 15 is 0 Å². The number of hydrogen-bond donors (Lipinski definition) is 2. The van der Waals surface area contributed by atoms with E-state index in [-0.39, 0.29) is 31.4 Å². The van der Waals surface area contributed by atoms with Gasteiger partial charge in [0.2, 0.25) is 17.8 Å². The van der Waals surface area contributed by atoms with Crippen molar-refractivity contribution in [2.24, 2.45) is 5.92 Å².